The average molecular weight is 417 g/mol. The first-order chi connectivity index (χ1) is 14.4. The highest BCUT2D eigenvalue weighted by Crippen LogP contribution is 2.56. The van der Waals surface area contributed by atoms with Crippen LogP contribution in [0.5, 0.6) is 0 Å². The number of nitrogens with zero attached hydrogens (tertiary/aromatic N) is 3. The number of rotatable bonds is 4. The number of ether oxygens (including phenoxy) is 1. The minimum absolute atomic E-state index is 0.247. The highest BCUT2D eigenvalue weighted by molar-refractivity contribution is 5.74. The summed E-state index contributed by atoms with van der Waals surface area (Å²) in [5, 5.41) is 8.03. The quantitative estimate of drug-likeness (QED) is 0.635. The fourth-order valence-electron chi connectivity index (χ4n) is 3.91. The first kappa shape index (κ1) is 18.6. The van der Waals surface area contributed by atoms with Crippen LogP contribution in [0, 0.1) is 17.6 Å². The second-order valence-electron chi connectivity index (χ2n) is 7.30. The van der Waals surface area contributed by atoms with Crippen LogP contribution in [0.2, 0.25) is 0 Å². The highest BCUT2D eigenvalue weighted by atomic mass is 19.3. The van der Waals surface area contributed by atoms with E-state index in [-0.39, 0.29) is 17.4 Å². The van der Waals surface area contributed by atoms with E-state index >= 15 is 0 Å². The first-order valence-electron chi connectivity index (χ1n) is 9.17. The number of fused-ring (bicyclic) bond motifs is 1. The zero-order valence-corrected chi connectivity index (χ0v) is 15.3. The van der Waals surface area contributed by atoms with Gasteiger partial charge in [0.1, 0.15) is 17.7 Å². The van der Waals surface area contributed by atoms with Crippen LogP contribution in [-0.2, 0) is 10.3 Å². The Morgan fingerprint density at radius 1 is 1.03 bits per heavy atom. The molecular weight excluding hydrogens is 402 g/mol. The number of aromatic amines is 1. The van der Waals surface area contributed by atoms with E-state index < -0.39 is 35.6 Å². The molecule has 1 aliphatic heterocycles. The molecule has 30 heavy (non-hydrogen) atoms. The largest absolute Gasteiger partial charge is 0.462 e. The standard InChI is InChI=1S/C20H15F4N5O/c21-11-4-1-9(2-5-11)16-26-17(29-28-16)10-3-6-14(22)12(7-10)20(18(23)24)13-8-15(13)30-19(25)27-20/h1-7,13,15,18H,8H2,(H2,25,27)(H,26,28,29)/t13?,15-,20-/m1/s1. The van der Waals surface area contributed by atoms with E-state index in [1.54, 1.807) is 0 Å². The average Bonchev–Trinajstić information content (AvgIpc) is 3.33. The van der Waals surface area contributed by atoms with Gasteiger partial charge in [-0.05, 0) is 48.9 Å². The molecule has 0 spiro atoms. The molecule has 0 saturated heterocycles. The summed E-state index contributed by atoms with van der Waals surface area (Å²) in [5.41, 5.74) is 4.15. The molecule has 1 aromatic heterocycles. The molecule has 10 heteroatoms. The van der Waals surface area contributed by atoms with Crippen LogP contribution in [0.4, 0.5) is 17.6 Å². The third-order valence-electron chi connectivity index (χ3n) is 5.47. The number of benzene rings is 2. The van der Waals surface area contributed by atoms with E-state index in [2.05, 4.69) is 20.2 Å². The number of aliphatic imine (C=N–C) groups is 1. The van der Waals surface area contributed by atoms with Crippen LogP contribution in [0.1, 0.15) is 12.0 Å². The Hall–Kier alpha value is -3.43. The van der Waals surface area contributed by atoms with Gasteiger partial charge >= 0.3 is 0 Å². The first-order valence-corrected chi connectivity index (χ1v) is 9.17. The SMILES string of the molecule is NC1=N[C@@](c2cc(-c3nnc(-c4ccc(F)cc4)[nH]3)ccc2F)(C(F)F)C2C[C@H]2O1. The van der Waals surface area contributed by atoms with Gasteiger partial charge in [0.2, 0.25) is 0 Å². The van der Waals surface area contributed by atoms with Gasteiger partial charge in [0.25, 0.3) is 12.4 Å². The van der Waals surface area contributed by atoms with Crippen molar-refractivity contribution in [2.45, 2.75) is 24.5 Å². The van der Waals surface area contributed by atoms with Crippen molar-refractivity contribution < 1.29 is 22.3 Å². The van der Waals surface area contributed by atoms with Crippen LogP contribution in [-0.4, -0.2) is 33.7 Å². The van der Waals surface area contributed by atoms with Crippen molar-refractivity contribution in [3.63, 3.8) is 0 Å². The molecule has 154 valence electrons. The van der Waals surface area contributed by atoms with E-state index in [0.717, 1.165) is 6.07 Å². The van der Waals surface area contributed by atoms with Crippen LogP contribution < -0.4 is 5.73 Å². The van der Waals surface area contributed by atoms with Crippen molar-refractivity contribution >= 4 is 6.02 Å². The van der Waals surface area contributed by atoms with Gasteiger partial charge in [-0.15, -0.1) is 10.2 Å². The van der Waals surface area contributed by atoms with Gasteiger partial charge in [-0.3, -0.25) is 0 Å². The summed E-state index contributed by atoms with van der Waals surface area (Å²) in [4.78, 5) is 6.81. The Bertz CT molecular complexity index is 1150. The Morgan fingerprint density at radius 3 is 2.40 bits per heavy atom. The third kappa shape index (κ3) is 2.82. The van der Waals surface area contributed by atoms with Crippen LogP contribution in [0.15, 0.2) is 47.5 Å². The molecule has 3 N–H and O–H groups in total. The van der Waals surface area contributed by atoms with Gasteiger partial charge in [-0.2, -0.15) is 0 Å². The fourth-order valence-corrected chi connectivity index (χ4v) is 3.91. The smallest absolute Gasteiger partial charge is 0.283 e. The van der Waals surface area contributed by atoms with Gasteiger partial charge in [0, 0.05) is 22.6 Å². The number of aromatic nitrogens is 3. The molecule has 1 fully saturated rings. The lowest BCUT2D eigenvalue weighted by molar-refractivity contribution is 0.0177. The topological polar surface area (TPSA) is 89.2 Å². The van der Waals surface area contributed by atoms with Crippen LogP contribution >= 0.6 is 0 Å². The van der Waals surface area contributed by atoms with E-state index in [1.807, 2.05) is 0 Å². The minimum atomic E-state index is -2.98. The minimum Gasteiger partial charge on any atom is -0.462 e. The van der Waals surface area contributed by atoms with E-state index in [9.17, 15) is 17.6 Å². The number of halogens is 4. The summed E-state index contributed by atoms with van der Waals surface area (Å²) in [7, 11) is 0. The van der Waals surface area contributed by atoms with Crippen molar-refractivity contribution in [2.75, 3.05) is 0 Å². The van der Waals surface area contributed by atoms with Crippen molar-refractivity contribution in [1.29, 1.82) is 0 Å². The molecule has 1 aliphatic carbocycles. The van der Waals surface area contributed by atoms with Crippen molar-refractivity contribution in [2.24, 2.45) is 16.6 Å². The molecule has 0 radical (unpaired) electrons. The zero-order chi connectivity index (χ0) is 21.0. The highest BCUT2D eigenvalue weighted by Gasteiger charge is 2.64. The molecule has 2 heterocycles. The van der Waals surface area contributed by atoms with Crippen LogP contribution in [0.25, 0.3) is 22.8 Å². The summed E-state index contributed by atoms with van der Waals surface area (Å²) in [6, 6.07) is 9.00. The molecule has 6 nitrogen and oxygen atoms in total. The van der Waals surface area contributed by atoms with Gasteiger partial charge in [0.15, 0.2) is 17.2 Å². The lowest BCUT2D eigenvalue weighted by atomic mass is 9.84. The maximum absolute atomic E-state index is 14.7. The zero-order valence-electron chi connectivity index (χ0n) is 15.3. The van der Waals surface area contributed by atoms with Gasteiger partial charge in [-0.25, -0.2) is 22.6 Å². The summed E-state index contributed by atoms with van der Waals surface area (Å²) in [5.74, 6) is -1.28. The number of alkyl halides is 2. The third-order valence-corrected chi connectivity index (χ3v) is 5.47. The number of nitrogens with one attached hydrogen (secondary N) is 1. The van der Waals surface area contributed by atoms with Crippen molar-refractivity contribution in [1.82, 2.24) is 15.2 Å². The molecule has 1 saturated carbocycles. The normalized spacial score (nSPS) is 24.9. The Balaban J connectivity index is 1.58. The van der Waals surface area contributed by atoms with Crippen molar-refractivity contribution in [3.8, 4) is 22.8 Å². The predicted molar refractivity (Wildman–Crippen MR) is 99.5 cm³/mol. The molecule has 2 aromatic carbocycles. The Labute approximate surface area is 167 Å². The van der Waals surface area contributed by atoms with E-state index in [0.29, 0.717) is 23.4 Å². The number of hydrogen-bond donors (Lipinski definition) is 2. The molecule has 3 atom stereocenters. The number of nitrogens with two attached hydrogens (primary N) is 1. The van der Waals surface area contributed by atoms with E-state index in [4.69, 9.17) is 10.5 Å². The summed E-state index contributed by atoms with van der Waals surface area (Å²) in [6.45, 7) is 0. The maximum Gasteiger partial charge on any atom is 0.283 e. The molecule has 0 amide bonds. The Kier molecular flexibility index (Phi) is 4.05. The number of H-pyrrole nitrogens is 1. The lowest BCUT2D eigenvalue weighted by Gasteiger charge is -2.33. The van der Waals surface area contributed by atoms with Gasteiger partial charge in [0.05, 0.1) is 0 Å². The molecule has 3 aromatic rings. The molecule has 2 aliphatic rings. The molecular formula is C20H15F4N5O. The molecule has 0 bridgehead atoms. The Morgan fingerprint density at radius 2 is 1.70 bits per heavy atom. The predicted octanol–water partition coefficient (Wildman–Crippen LogP) is 3.61. The second-order valence-corrected chi connectivity index (χ2v) is 7.30. The fraction of sp³-hybridized carbons (Fsp3) is 0.250. The molecule has 1 unspecified atom stereocenters. The van der Waals surface area contributed by atoms with Crippen LogP contribution in [0.3, 0.4) is 0 Å². The monoisotopic (exact) mass is 417 g/mol. The van der Waals surface area contributed by atoms with E-state index in [1.165, 1.54) is 36.4 Å². The molecule has 5 rings (SSSR count). The number of hydrogen-bond acceptors (Lipinski definition) is 5. The second kappa shape index (κ2) is 6.54. The van der Waals surface area contributed by atoms with Gasteiger partial charge in [-0.1, -0.05) is 0 Å². The summed E-state index contributed by atoms with van der Waals surface area (Å²) < 4.78 is 61.5. The summed E-state index contributed by atoms with van der Waals surface area (Å²) in [6.07, 6.45) is -3.17. The number of amidine groups is 1. The maximum atomic E-state index is 14.7. The lowest BCUT2D eigenvalue weighted by Crippen LogP contribution is -2.43. The summed E-state index contributed by atoms with van der Waals surface area (Å²) >= 11 is 0. The van der Waals surface area contributed by atoms with Gasteiger partial charge < -0.3 is 15.5 Å². The van der Waals surface area contributed by atoms with Crippen molar-refractivity contribution in [3.05, 3.63) is 59.7 Å².